The zero-order valence-electron chi connectivity index (χ0n) is 25.1. The minimum Gasteiger partial charge on any atom is -0.465 e. The van der Waals surface area contributed by atoms with E-state index in [1.807, 2.05) is 36.4 Å². The van der Waals surface area contributed by atoms with Crippen molar-refractivity contribution < 1.29 is 28.2 Å². The van der Waals surface area contributed by atoms with Gasteiger partial charge in [0.2, 0.25) is 0 Å². The maximum absolute atomic E-state index is 12.9. The molecule has 0 amide bonds. The topological polar surface area (TPSA) is 126 Å². The van der Waals surface area contributed by atoms with Crippen molar-refractivity contribution in [1.29, 1.82) is 0 Å². The zero-order chi connectivity index (χ0) is 31.0. The Morgan fingerprint density at radius 1 is 0.977 bits per heavy atom. The summed E-state index contributed by atoms with van der Waals surface area (Å²) >= 11 is 0. The van der Waals surface area contributed by atoms with E-state index in [9.17, 15) is 19.2 Å². The molecular weight excluding hydrogens is 568 g/mol. The third-order valence-electron chi connectivity index (χ3n) is 8.42. The number of hydrogen-bond donors (Lipinski definition) is 1. The summed E-state index contributed by atoms with van der Waals surface area (Å²) in [4.78, 5) is 51.0. The first kappa shape index (κ1) is 30.6. The Morgan fingerprint density at radius 2 is 1.58 bits per heavy atom. The molecule has 2 aromatic carbocycles. The number of H-pyrrole nitrogens is 1. The monoisotopic (exact) mass is 606 g/mol. The summed E-state index contributed by atoms with van der Waals surface area (Å²) in [6.07, 6.45) is -0.258. The maximum atomic E-state index is 12.9. The minimum absolute atomic E-state index is 0.0287. The molecule has 228 valence electrons. The molecule has 5 atom stereocenters. The maximum Gasteiger partial charge on any atom is 0.330 e. The molecule has 3 aromatic rings. The highest BCUT2D eigenvalue weighted by Crippen LogP contribution is 2.58. The molecule has 2 fully saturated rings. The molecule has 0 bridgehead atoms. The zero-order valence-corrected chi connectivity index (χ0v) is 26.1. The Balaban J connectivity index is 1.60. The third kappa shape index (κ3) is 5.89. The second-order valence-electron chi connectivity index (χ2n) is 12.3. The number of benzene rings is 2. The van der Waals surface area contributed by atoms with E-state index in [1.54, 1.807) is 0 Å². The van der Waals surface area contributed by atoms with Crippen LogP contribution in [0, 0.1) is 5.92 Å². The van der Waals surface area contributed by atoms with Crippen LogP contribution in [-0.4, -0.2) is 54.2 Å². The fraction of sp³-hybridized carbons (Fsp3) is 0.438. The van der Waals surface area contributed by atoms with E-state index < -0.39 is 61.5 Å². The van der Waals surface area contributed by atoms with Crippen LogP contribution in [0.2, 0.25) is 5.04 Å². The van der Waals surface area contributed by atoms with Gasteiger partial charge in [0.15, 0.2) is 6.23 Å². The van der Waals surface area contributed by atoms with Crippen LogP contribution in [0.3, 0.4) is 0 Å². The van der Waals surface area contributed by atoms with E-state index >= 15 is 0 Å². The third-order valence-corrected chi connectivity index (χ3v) is 13.5. The standard InChI is InChI=1S/C32H38N2O8Si/c1-21(35)39-20-23-18-26(40-22(2)36)29(34-17-16-28(37)33-30(34)38)41-32(23)19-27(32)42-43(31(3,4)5,24-12-8-6-9-13-24)25-14-10-7-11-15-25/h6-17,23,26-27,29H,18-20H2,1-5H3,(H,33,37,38)/t23?,26-,27?,29?,32?/m1/s1. The predicted molar refractivity (Wildman–Crippen MR) is 162 cm³/mol. The number of esters is 2. The van der Waals surface area contributed by atoms with Gasteiger partial charge in [-0.3, -0.25) is 23.9 Å². The van der Waals surface area contributed by atoms with Crippen molar-refractivity contribution in [2.75, 3.05) is 6.61 Å². The highest BCUT2D eigenvalue weighted by atomic mass is 28.4. The van der Waals surface area contributed by atoms with E-state index in [0.29, 0.717) is 6.42 Å². The van der Waals surface area contributed by atoms with E-state index in [4.69, 9.17) is 18.6 Å². The summed E-state index contributed by atoms with van der Waals surface area (Å²) in [6.45, 7) is 9.21. The second kappa shape index (κ2) is 11.7. The van der Waals surface area contributed by atoms with Crippen molar-refractivity contribution in [3.8, 4) is 0 Å². The van der Waals surface area contributed by atoms with Crippen molar-refractivity contribution in [2.24, 2.45) is 5.92 Å². The summed E-state index contributed by atoms with van der Waals surface area (Å²) in [6, 6.07) is 21.7. The molecule has 1 aromatic heterocycles. The fourth-order valence-corrected chi connectivity index (χ4v) is 11.2. The van der Waals surface area contributed by atoms with Gasteiger partial charge in [0.1, 0.15) is 11.7 Å². The summed E-state index contributed by atoms with van der Waals surface area (Å²) in [5, 5.41) is 1.92. The van der Waals surface area contributed by atoms with Gasteiger partial charge in [-0.1, -0.05) is 81.4 Å². The first-order valence-electron chi connectivity index (χ1n) is 14.5. The molecule has 11 heteroatoms. The number of ether oxygens (including phenoxy) is 3. The van der Waals surface area contributed by atoms with Crippen molar-refractivity contribution >= 4 is 30.6 Å². The highest BCUT2D eigenvalue weighted by Gasteiger charge is 2.69. The van der Waals surface area contributed by atoms with E-state index in [0.717, 1.165) is 10.4 Å². The normalized spacial score (nSPS) is 25.2. The molecule has 1 saturated carbocycles. The van der Waals surface area contributed by atoms with E-state index in [1.165, 1.54) is 30.7 Å². The lowest BCUT2D eigenvalue weighted by atomic mass is 9.89. The van der Waals surface area contributed by atoms with Crippen LogP contribution < -0.4 is 21.6 Å². The second-order valence-corrected chi connectivity index (χ2v) is 16.6. The van der Waals surface area contributed by atoms with Gasteiger partial charge in [0, 0.05) is 38.4 Å². The first-order chi connectivity index (χ1) is 20.4. The molecule has 43 heavy (non-hydrogen) atoms. The minimum atomic E-state index is -2.99. The Kier molecular flexibility index (Phi) is 8.34. The summed E-state index contributed by atoms with van der Waals surface area (Å²) in [5.74, 6) is -1.38. The summed E-state index contributed by atoms with van der Waals surface area (Å²) in [5.41, 5.74) is -2.18. The number of rotatable bonds is 8. The molecule has 0 radical (unpaired) electrons. The van der Waals surface area contributed by atoms with Crippen LogP contribution in [0.1, 0.15) is 53.7 Å². The lowest BCUT2D eigenvalue weighted by molar-refractivity contribution is -0.222. The SMILES string of the molecule is CC(=O)OCC1C[C@@H](OC(C)=O)C(n2ccc(=O)[nH]c2=O)OC12CC2O[Si](c1ccccc1)(c1ccccc1)C(C)(C)C. The van der Waals surface area contributed by atoms with E-state index in [2.05, 4.69) is 50.0 Å². The Morgan fingerprint density at radius 3 is 2.09 bits per heavy atom. The van der Waals surface area contributed by atoms with Crippen LogP contribution in [-0.2, 0) is 28.2 Å². The number of hydrogen-bond acceptors (Lipinski definition) is 8. The van der Waals surface area contributed by atoms with Crippen LogP contribution in [0.25, 0.3) is 0 Å². The largest absolute Gasteiger partial charge is 0.465 e. The van der Waals surface area contributed by atoms with Crippen molar-refractivity contribution in [3.05, 3.63) is 93.8 Å². The molecule has 1 N–H and O–H groups in total. The number of carbonyl (C=O) groups excluding carboxylic acids is 2. The summed E-state index contributed by atoms with van der Waals surface area (Å²) < 4.78 is 26.5. The van der Waals surface area contributed by atoms with Gasteiger partial charge in [0.25, 0.3) is 13.9 Å². The summed E-state index contributed by atoms with van der Waals surface area (Å²) in [7, 11) is -2.99. The molecule has 1 saturated heterocycles. The van der Waals surface area contributed by atoms with Gasteiger partial charge >= 0.3 is 17.6 Å². The molecule has 1 aliphatic heterocycles. The van der Waals surface area contributed by atoms with Gasteiger partial charge in [0.05, 0.1) is 12.7 Å². The number of carbonyl (C=O) groups is 2. The quantitative estimate of drug-likeness (QED) is 0.307. The Hall–Kier alpha value is -3.80. The average molecular weight is 607 g/mol. The number of aromatic amines is 1. The Labute approximate surface area is 251 Å². The number of nitrogens with one attached hydrogen (secondary N) is 1. The van der Waals surface area contributed by atoms with Crippen LogP contribution >= 0.6 is 0 Å². The lowest BCUT2D eigenvalue weighted by Gasteiger charge is -2.46. The van der Waals surface area contributed by atoms with Crippen LogP contribution in [0.5, 0.6) is 0 Å². The molecule has 1 spiro atoms. The fourth-order valence-electron chi connectivity index (χ4n) is 6.43. The van der Waals surface area contributed by atoms with Crippen molar-refractivity contribution in [3.63, 3.8) is 0 Å². The molecule has 5 rings (SSSR count). The van der Waals surface area contributed by atoms with Gasteiger partial charge < -0.3 is 18.6 Å². The average Bonchev–Trinajstić information content (AvgIpc) is 3.63. The number of aromatic nitrogens is 2. The first-order valence-corrected chi connectivity index (χ1v) is 16.4. The van der Waals surface area contributed by atoms with Gasteiger partial charge in [-0.15, -0.1) is 0 Å². The van der Waals surface area contributed by atoms with Gasteiger partial charge in [-0.2, -0.15) is 0 Å². The Bertz CT molecular complexity index is 1540. The smallest absolute Gasteiger partial charge is 0.330 e. The predicted octanol–water partition coefficient (Wildman–Crippen LogP) is 2.65. The molecule has 4 unspecified atom stereocenters. The molecule has 2 heterocycles. The highest BCUT2D eigenvalue weighted by molar-refractivity contribution is 6.99. The van der Waals surface area contributed by atoms with Crippen LogP contribution in [0.15, 0.2) is 82.5 Å². The molecule has 10 nitrogen and oxygen atoms in total. The molecule has 1 aliphatic carbocycles. The van der Waals surface area contributed by atoms with Crippen molar-refractivity contribution in [1.82, 2.24) is 9.55 Å². The lowest BCUT2D eigenvalue weighted by Crippen LogP contribution is -2.67. The van der Waals surface area contributed by atoms with Gasteiger partial charge in [-0.05, 0) is 21.8 Å². The molecular formula is C32H38N2O8Si. The van der Waals surface area contributed by atoms with Crippen LogP contribution in [0.4, 0.5) is 0 Å². The number of nitrogens with zero attached hydrogens (tertiary/aromatic N) is 1. The van der Waals surface area contributed by atoms with E-state index in [-0.39, 0.29) is 18.1 Å². The van der Waals surface area contributed by atoms with Gasteiger partial charge in [-0.25, -0.2) is 4.79 Å². The van der Waals surface area contributed by atoms with Crippen molar-refractivity contribution in [2.45, 2.75) is 76.5 Å². The molecule has 2 aliphatic rings.